The molecule has 0 atom stereocenters. The molecule has 0 unspecified atom stereocenters. The van der Waals surface area contributed by atoms with Gasteiger partial charge in [0, 0.05) is 6.54 Å². The molecule has 5 heteroatoms. The minimum absolute atomic E-state index is 0.0124. The lowest BCUT2D eigenvalue weighted by Crippen LogP contribution is -2.35. The van der Waals surface area contributed by atoms with Gasteiger partial charge in [-0.3, -0.25) is 9.59 Å². The first kappa shape index (κ1) is 16.2. The molecule has 4 nitrogen and oxygen atoms in total. The fraction of sp³-hybridized carbons (Fsp3) is 0.625. The van der Waals surface area contributed by atoms with Gasteiger partial charge >= 0.3 is 0 Å². The van der Waals surface area contributed by atoms with Gasteiger partial charge in [0.2, 0.25) is 0 Å². The number of carbonyl (C=O) groups excluding carboxylic acids is 2. The van der Waals surface area contributed by atoms with Crippen molar-refractivity contribution in [2.75, 3.05) is 26.2 Å². The summed E-state index contributed by atoms with van der Waals surface area (Å²) in [4.78, 5) is 26.9. The number of hydrogen-bond donors (Lipinski definition) is 1. The van der Waals surface area contributed by atoms with E-state index in [1.54, 1.807) is 12.1 Å². The molecular weight excluding hydrogens is 284 g/mol. The summed E-state index contributed by atoms with van der Waals surface area (Å²) in [5.74, 6) is 0.799. The van der Waals surface area contributed by atoms with E-state index in [-0.39, 0.29) is 11.7 Å². The highest BCUT2D eigenvalue weighted by atomic mass is 32.1. The van der Waals surface area contributed by atoms with E-state index >= 15 is 0 Å². The highest BCUT2D eigenvalue weighted by Crippen LogP contribution is 2.17. The molecule has 1 aromatic rings. The molecule has 1 aliphatic heterocycles. The van der Waals surface area contributed by atoms with Gasteiger partial charge in [-0.1, -0.05) is 6.92 Å². The third-order valence-electron chi connectivity index (χ3n) is 3.99. The lowest BCUT2D eigenvalue weighted by molar-refractivity contribution is 0.0954. The van der Waals surface area contributed by atoms with Crippen LogP contribution in [0.15, 0.2) is 12.1 Å². The van der Waals surface area contributed by atoms with Gasteiger partial charge in [-0.2, -0.15) is 0 Å². The van der Waals surface area contributed by atoms with E-state index in [4.69, 9.17) is 0 Å². The standard InChI is InChI=1S/C16H24N2O2S/c1-12-6-10-18(11-7-12)9-3-8-17-16(20)15-5-4-14(21-15)13(2)19/h4-5,12H,3,6-11H2,1-2H3,(H,17,20). The number of thiophene rings is 1. The number of amides is 1. The summed E-state index contributed by atoms with van der Waals surface area (Å²) in [6, 6.07) is 3.44. The molecule has 2 rings (SSSR count). The molecule has 1 aliphatic rings. The molecule has 0 aromatic carbocycles. The molecule has 1 N–H and O–H groups in total. The molecule has 21 heavy (non-hydrogen) atoms. The monoisotopic (exact) mass is 308 g/mol. The molecule has 0 radical (unpaired) electrons. The van der Waals surface area contributed by atoms with E-state index in [9.17, 15) is 9.59 Å². The molecule has 0 spiro atoms. The Hall–Kier alpha value is -1.20. The van der Waals surface area contributed by atoms with Crippen LogP contribution in [-0.4, -0.2) is 42.8 Å². The fourth-order valence-corrected chi connectivity index (χ4v) is 3.34. The first-order chi connectivity index (χ1) is 10.1. The second-order valence-electron chi connectivity index (χ2n) is 5.85. The van der Waals surface area contributed by atoms with Crippen LogP contribution in [0, 0.1) is 5.92 Å². The topological polar surface area (TPSA) is 49.4 Å². The Kier molecular flexibility index (Phi) is 5.94. The Labute approximate surface area is 130 Å². The molecule has 116 valence electrons. The number of carbonyl (C=O) groups is 2. The van der Waals surface area contributed by atoms with Gasteiger partial charge < -0.3 is 10.2 Å². The molecule has 1 fully saturated rings. The Balaban J connectivity index is 1.66. The highest BCUT2D eigenvalue weighted by molar-refractivity contribution is 7.15. The maximum Gasteiger partial charge on any atom is 0.261 e. The molecule has 2 heterocycles. The van der Waals surface area contributed by atoms with Crippen molar-refractivity contribution in [2.24, 2.45) is 5.92 Å². The molecule has 0 saturated carbocycles. The van der Waals surface area contributed by atoms with Gasteiger partial charge in [-0.05, 0) is 63.9 Å². The normalized spacial score (nSPS) is 16.9. The van der Waals surface area contributed by atoms with Crippen LogP contribution in [0.4, 0.5) is 0 Å². The number of hydrogen-bond acceptors (Lipinski definition) is 4. The highest BCUT2D eigenvalue weighted by Gasteiger charge is 2.15. The van der Waals surface area contributed by atoms with Crippen LogP contribution in [-0.2, 0) is 0 Å². The molecule has 0 aliphatic carbocycles. The Morgan fingerprint density at radius 3 is 2.57 bits per heavy atom. The van der Waals surface area contributed by atoms with Crippen molar-refractivity contribution in [1.82, 2.24) is 10.2 Å². The lowest BCUT2D eigenvalue weighted by Gasteiger charge is -2.30. The van der Waals surface area contributed by atoms with Crippen molar-refractivity contribution in [3.05, 3.63) is 21.9 Å². The largest absolute Gasteiger partial charge is 0.351 e. The Bertz CT molecular complexity index is 490. The number of Topliss-reactive ketones (excluding diaryl/α,β-unsaturated/α-hetero) is 1. The zero-order valence-electron chi connectivity index (χ0n) is 12.9. The summed E-state index contributed by atoms with van der Waals surface area (Å²) in [7, 11) is 0. The summed E-state index contributed by atoms with van der Waals surface area (Å²) in [5, 5.41) is 2.93. The number of nitrogens with zero attached hydrogens (tertiary/aromatic N) is 1. The molecular formula is C16H24N2O2S. The van der Waals surface area contributed by atoms with E-state index in [2.05, 4.69) is 17.1 Å². The van der Waals surface area contributed by atoms with E-state index < -0.39 is 0 Å². The molecule has 0 bridgehead atoms. The van der Waals surface area contributed by atoms with Crippen LogP contribution < -0.4 is 5.32 Å². The van der Waals surface area contributed by atoms with Gasteiger partial charge in [0.1, 0.15) is 0 Å². The van der Waals surface area contributed by atoms with E-state index in [0.29, 0.717) is 16.3 Å². The van der Waals surface area contributed by atoms with Crippen LogP contribution in [0.5, 0.6) is 0 Å². The average Bonchev–Trinajstić information content (AvgIpc) is 2.95. The summed E-state index contributed by atoms with van der Waals surface area (Å²) in [5.41, 5.74) is 0. The predicted octanol–water partition coefficient (Wildman–Crippen LogP) is 2.80. The maximum absolute atomic E-state index is 11.9. The van der Waals surface area contributed by atoms with Crippen molar-refractivity contribution in [3.8, 4) is 0 Å². The van der Waals surface area contributed by atoms with Gasteiger partial charge in [0.05, 0.1) is 9.75 Å². The zero-order valence-corrected chi connectivity index (χ0v) is 13.7. The Morgan fingerprint density at radius 1 is 1.29 bits per heavy atom. The maximum atomic E-state index is 11.9. The van der Waals surface area contributed by atoms with Gasteiger partial charge in [0.15, 0.2) is 5.78 Å². The second kappa shape index (κ2) is 7.71. The first-order valence-electron chi connectivity index (χ1n) is 7.67. The smallest absolute Gasteiger partial charge is 0.261 e. The SMILES string of the molecule is CC(=O)c1ccc(C(=O)NCCCN2CCC(C)CC2)s1. The third-order valence-corrected chi connectivity index (χ3v) is 5.17. The van der Waals surface area contributed by atoms with Crippen LogP contribution in [0.25, 0.3) is 0 Å². The fourth-order valence-electron chi connectivity index (χ4n) is 2.53. The van der Waals surface area contributed by atoms with Crippen molar-refractivity contribution >= 4 is 23.0 Å². The average molecular weight is 308 g/mol. The minimum Gasteiger partial charge on any atom is -0.351 e. The third kappa shape index (κ3) is 4.93. The molecule has 1 saturated heterocycles. The van der Waals surface area contributed by atoms with Crippen LogP contribution >= 0.6 is 11.3 Å². The van der Waals surface area contributed by atoms with Crippen LogP contribution in [0.2, 0.25) is 0 Å². The van der Waals surface area contributed by atoms with Crippen LogP contribution in [0.1, 0.15) is 52.5 Å². The molecule has 1 aromatic heterocycles. The second-order valence-corrected chi connectivity index (χ2v) is 6.94. The minimum atomic E-state index is -0.0697. The summed E-state index contributed by atoms with van der Waals surface area (Å²) in [6.45, 7) is 7.94. The van der Waals surface area contributed by atoms with Gasteiger partial charge in [0.25, 0.3) is 5.91 Å². The van der Waals surface area contributed by atoms with E-state index in [1.807, 2.05) is 0 Å². The number of nitrogens with one attached hydrogen (secondary N) is 1. The number of piperidine rings is 1. The number of rotatable bonds is 6. The van der Waals surface area contributed by atoms with Crippen molar-refractivity contribution in [2.45, 2.75) is 33.1 Å². The Morgan fingerprint density at radius 2 is 1.95 bits per heavy atom. The van der Waals surface area contributed by atoms with Crippen molar-refractivity contribution < 1.29 is 9.59 Å². The summed E-state index contributed by atoms with van der Waals surface area (Å²) < 4.78 is 0. The molecule has 1 amide bonds. The van der Waals surface area contributed by atoms with E-state index in [0.717, 1.165) is 18.9 Å². The summed E-state index contributed by atoms with van der Waals surface area (Å²) in [6.07, 6.45) is 3.55. The first-order valence-corrected chi connectivity index (χ1v) is 8.49. The number of likely N-dealkylation sites (tertiary alicyclic amines) is 1. The van der Waals surface area contributed by atoms with Gasteiger partial charge in [-0.25, -0.2) is 0 Å². The number of ketones is 1. The van der Waals surface area contributed by atoms with Crippen molar-refractivity contribution in [1.29, 1.82) is 0 Å². The van der Waals surface area contributed by atoms with E-state index in [1.165, 1.54) is 44.2 Å². The lowest BCUT2D eigenvalue weighted by atomic mass is 9.99. The predicted molar refractivity (Wildman–Crippen MR) is 86.1 cm³/mol. The van der Waals surface area contributed by atoms with Crippen LogP contribution in [0.3, 0.4) is 0 Å². The summed E-state index contributed by atoms with van der Waals surface area (Å²) >= 11 is 1.26. The quantitative estimate of drug-likeness (QED) is 0.649. The zero-order chi connectivity index (χ0) is 15.2. The van der Waals surface area contributed by atoms with Gasteiger partial charge in [-0.15, -0.1) is 11.3 Å². The van der Waals surface area contributed by atoms with Crippen molar-refractivity contribution in [3.63, 3.8) is 0 Å².